The van der Waals surface area contributed by atoms with Crippen LogP contribution in [0.2, 0.25) is 0 Å². The van der Waals surface area contributed by atoms with Crippen molar-refractivity contribution in [3.63, 3.8) is 0 Å². The van der Waals surface area contributed by atoms with Crippen LogP contribution in [0.1, 0.15) is 45.1 Å². The summed E-state index contributed by atoms with van der Waals surface area (Å²) in [7, 11) is 0. The maximum atomic E-state index is 12.4. The van der Waals surface area contributed by atoms with Crippen LogP contribution in [0.15, 0.2) is 18.2 Å². The summed E-state index contributed by atoms with van der Waals surface area (Å²) in [6, 6.07) is 5.63. The monoisotopic (exact) mass is 342 g/mol. The standard InChI is InChI=1S/C19H22N2O4/c1-18(2)16(22)21(17(23)20-18)11-8-12(9-11)25-14-5-3-4-13-15(14)19(6-7-19)10-24-13/h3-5,11-12H,6-10H2,1-2H3,(H,20,23)/t11-,12-. The second-order valence-corrected chi connectivity index (χ2v) is 8.29. The van der Waals surface area contributed by atoms with E-state index < -0.39 is 5.54 Å². The Morgan fingerprint density at radius 1 is 1.24 bits per heavy atom. The zero-order valence-corrected chi connectivity index (χ0v) is 14.5. The van der Waals surface area contributed by atoms with Crippen molar-refractivity contribution in [2.24, 2.45) is 0 Å². The largest absolute Gasteiger partial charge is 0.492 e. The molecule has 132 valence electrons. The molecule has 1 spiro atoms. The number of hydrogen-bond acceptors (Lipinski definition) is 4. The number of carbonyl (C=O) groups excluding carboxylic acids is 2. The lowest BCUT2D eigenvalue weighted by Gasteiger charge is -2.39. The Morgan fingerprint density at radius 3 is 2.64 bits per heavy atom. The topological polar surface area (TPSA) is 67.9 Å². The third-order valence-corrected chi connectivity index (χ3v) is 6.00. The van der Waals surface area contributed by atoms with Gasteiger partial charge in [0.05, 0.1) is 6.61 Å². The average molecular weight is 342 g/mol. The van der Waals surface area contributed by atoms with E-state index in [0.29, 0.717) is 12.8 Å². The van der Waals surface area contributed by atoms with Gasteiger partial charge in [0.1, 0.15) is 23.1 Å². The van der Waals surface area contributed by atoms with Gasteiger partial charge in [-0.2, -0.15) is 0 Å². The van der Waals surface area contributed by atoms with E-state index in [2.05, 4.69) is 5.32 Å². The summed E-state index contributed by atoms with van der Waals surface area (Å²) >= 11 is 0. The number of ether oxygens (including phenoxy) is 2. The van der Waals surface area contributed by atoms with E-state index in [-0.39, 0.29) is 29.5 Å². The molecule has 1 aromatic rings. The lowest BCUT2D eigenvalue weighted by Crippen LogP contribution is -2.52. The number of urea groups is 1. The van der Waals surface area contributed by atoms with Crippen molar-refractivity contribution in [2.75, 3.05) is 6.61 Å². The van der Waals surface area contributed by atoms with Gasteiger partial charge in [-0.1, -0.05) is 6.07 Å². The van der Waals surface area contributed by atoms with Crippen molar-refractivity contribution in [3.8, 4) is 11.5 Å². The first kappa shape index (κ1) is 15.0. The minimum atomic E-state index is -0.807. The molecule has 3 amide bonds. The minimum Gasteiger partial charge on any atom is -0.492 e. The molecule has 1 N–H and O–H groups in total. The zero-order chi connectivity index (χ0) is 17.4. The van der Waals surface area contributed by atoms with Crippen molar-refractivity contribution in [3.05, 3.63) is 23.8 Å². The lowest BCUT2D eigenvalue weighted by atomic mass is 9.87. The molecular formula is C19H22N2O4. The maximum Gasteiger partial charge on any atom is 0.325 e. The Labute approximate surface area is 146 Å². The smallest absolute Gasteiger partial charge is 0.325 e. The SMILES string of the molecule is CC1(C)NC(=O)N([C@H]2C[C@H](Oc3cccc4c3C3(CC3)CO4)C2)C1=O. The Kier molecular flexibility index (Phi) is 2.82. The van der Waals surface area contributed by atoms with E-state index >= 15 is 0 Å². The maximum absolute atomic E-state index is 12.4. The molecule has 4 aliphatic rings. The summed E-state index contributed by atoms with van der Waals surface area (Å²) in [6.07, 6.45) is 3.73. The fraction of sp³-hybridized carbons (Fsp3) is 0.579. The molecular weight excluding hydrogens is 320 g/mol. The van der Waals surface area contributed by atoms with Gasteiger partial charge in [-0.15, -0.1) is 0 Å². The van der Waals surface area contributed by atoms with E-state index in [1.54, 1.807) is 13.8 Å². The quantitative estimate of drug-likeness (QED) is 0.856. The van der Waals surface area contributed by atoms with Gasteiger partial charge < -0.3 is 14.8 Å². The molecule has 2 aliphatic heterocycles. The molecule has 6 nitrogen and oxygen atoms in total. The Bertz CT molecular complexity index is 778. The highest BCUT2D eigenvalue weighted by Gasteiger charge is 2.54. The van der Waals surface area contributed by atoms with Crippen molar-refractivity contribution >= 4 is 11.9 Å². The first-order valence-electron chi connectivity index (χ1n) is 8.98. The summed E-state index contributed by atoms with van der Waals surface area (Å²) < 4.78 is 12.0. The molecule has 0 unspecified atom stereocenters. The van der Waals surface area contributed by atoms with Crippen LogP contribution < -0.4 is 14.8 Å². The summed E-state index contributed by atoms with van der Waals surface area (Å²) in [5.74, 6) is 1.71. The number of amides is 3. The van der Waals surface area contributed by atoms with Crippen molar-refractivity contribution in [2.45, 2.75) is 62.6 Å². The molecule has 0 bridgehead atoms. The number of benzene rings is 1. The molecule has 5 rings (SSSR count). The van der Waals surface area contributed by atoms with E-state index in [4.69, 9.17) is 9.47 Å². The Morgan fingerprint density at radius 2 is 2.00 bits per heavy atom. The number of hydrogen-bond donors (Lipinski definition) is 1. The summed E-state index contributed by atoms with van der Waals surface area (Å²) in [5.41, 5.74) is 0.581. The first-order valence-corrected chi connectivity index (χ1v) is 8.98. The molecule has 6 heteroatoms. The van der Waals surface area contributed by atoms with Crippen molar-refractivity contribution in [1.82, 2.24) is 10.2 Å². The van der Waals surface area contributed by atoms with Gasteiger partial charge in [0.2, 0.25) is 0 Å². The second kappa shape index (κ2) is 4.68. The average Bonchev–Trinajstić information content (AvgIpc) is 3.15. The molecule has 1 aromatic carbocycles. The van der Waals surface area contributed by atoms with Gasteiger partial charge >= 0.3 is 6.03 Å². The van der Waals surface area contributed by atoms with Crippen LogP contribution in [0.25, 0.3) is 0 Å². The van der Waals surface area contributed by atoms with Gasteiger partial charge in [-0.3, -0.25) is 9.69 Å². The minimum absolute atomic E-state index is 0.0391. The fourth-order valence-electron chi connectivity index (χ4n) is 4.22. The highest BCUT2D eigenvalue weighted by molar-refractivity contribution is 6.06. The molecule has 3 fully saturated rings. The molecule has 1 saturated heterocycles. The van der Waals surface area contributed by atoms with Crippen molar-refractivity contribution < 1.29 is 19.1 Å². The number of carbonyl (C=O) groups is 2. The van der Waals surface area contributed by atoms with Crippen LogP contribution in [-0.4, -0.2) is 41.1 Å². The number of nitrogens with one attached hydrogen (secondary N) is 1. The molecule has 0 radical (unpaired) electrons. The third-order valence-electron chi connectivity index (χ3n) is 6.00. The van der Waals surface area contributed by atoms with Gasteiger partial charge in [0.15, 0.2) is 0 Å². The third kappa shape index (κ3) is 2.09. The van der Waals surface area contributed by atoms with E-state index in [9.17, 15) is 9.59 Å². The molecule has 2 heterocycles. The highest BCUT2D eigenvalue weighted by atomic mass is 16.5. The summed E-state index contributed by atoms with van der Waals surface area (Å²) in [5, 5.41) is 2.74. The van der Waals surface area contributed by atoms with Crippen LogP contribution in [0.3, 0.4) is 0 Å². The second-order valence-electron chi connectivity index (χ2n) is 8.29. The highest BCUT2D eigenvalue weighted by Crippen LogP contribution is 2.58. The molecule has 25 heavy (non-hydrogen) atoms. The molecule has 2 saturated carbocycles. The molecule has 2 aliphatic carbocycles. The van der Waals surface area contributed by atoms with Crippen LogP contribution in [0, 0.1) is 0 Å². The Balaban J connectivity index is 1.28. The zero-order valence-electron chi connectivity index (χ0n) is 14.5. The van der Waals surface area contributed by atoms with E-state index in [0.717, 1.165) is 30.9 Å². The summed E-state index contributed by atoms with van der Waals surface area (Å²) in [6.45, 7) is 4.23. The van der Waals surface area contributed by atoms with Crippen LogP contribution >= 0.6 is 0 Å². The molecule has 0 atom stereocenters. The van der Waals surface area contributed by atoms with Crippen LogP contribution in [0.4, 0.5) is 4.79 Å². The molecule has 0 aromatic heterocycles. The predicted octanol–water partition coefficient (Wildman–Crippen LogP) is 2.35. The van der Waals surface area contributed by atoms with Gasteiger partial charge in [-0.25, -0.2) is 4.79 Å². The summed E-state index contributed by atoms with van der Waals surface area (Å²) in [4.78, 5) is 25.8. The number of fused-ring (bicyclic) bond motifs is 2. The number of imide groups is 1. The van der Waals surface area contributed by atoms with E-state index in [1.807, 2.05) is 18.2 Å². The predicted molar refractivity (Wildman–Crippen MR) is 89.7 cm³/mol. The van der Waals surface area contributed by atoms with Gasteiger partial charge in [0.25, 0.3) is 5.91 Å². The van der Waals surface area contributed by atoms with Crippen LogP contribution in [0.5, 0.6) is 11.5 Å². The number of nitrogens with zero attached hydrogens (tertiary/aromatic N) is 1. The normalized spacial score (nSPS) is 30.6. The van der Waals surface area contributed by atoms with Gasteiger partial charge in [-0.05, 0) is 38.8 Å². The van der Waals surface area contributed by atoms with E-state index in [1.165, 1.54) is 10.5 Å². The van der Waals surface area contributed by atoms with Crippen molar-refractivity contribution in [1.29, 1.82) is 0 Å². The fourth-order valence-corrected chi connectivity index (χ4v) is 4.22. The first-order chi connectivity index (χ1) is 11.9. The van der Waals surface area contributed by atoms with Crippen LogP contribution in [-0.2, 0) is 10.2 Å². The Hall–Kier alpha value is -2.24. The lowest BCUT2D eigenvalue weighted by molar-refractivity contribution is -0.134. The number of rotatable bonds is 3. The van der Waals surface area contributed by atoms with Gasteiger partial charge in [0, 0.05) is 29.9 Å².